The van der Waals surface area contributed by atoms with E-state index in [9.17, 15) is 24.3 Å². The summed E-state index contributed by atoms with van der Waals surface area (Å²) in [7, 11) is 1.54. The molecule has 0 aliphatic carbocycles. The van der Waals surface area contributed by atoms with E-state index in [2.05, 4.69) is 28.5 Å². The number of benzene rings is 2. The predicted octanol–water partition coefficient (Wildman–Crippen LogP) is 3.77. The standard InChI is InChI=1S/C23H25N3O2S.2C4H4O4/c1-28-21-16-18(8-11-20(21)27)4-2-13-25-14-12-17-6-9-19(10-7-17)26-23(24)22-5-3-15-29-22;2*5-3(6)1-2-4(7)8/h2-11,15-16,25,27H,12-14H2,1H3,(H2,24,26);2*1-2H,(H,5,6)(H,7,8). The van der Waals surface area contributed by atoms with Crippen molar-refractivity contribution in [3.05, 3.63) is 106 Å². The fourth-order valence-corrected chi connectivity index (χ4v) is 3.68. The molecule has 2 aromatic carbocycles. The molecule has 8 N–H and O–H groups in total. The smallest absolute Gasteiger partial charge is 0.328 e. The second-order valence-electron chi connectivity index (χ2n) is 8.45. The van der Waals surface area contributed by atoms with Gasteiger partial charge in [-0.15, -0.1) is 11.3 Å². The number of rotatable bonds is 13. The van der Waals surface area contributed by atoms with Gasteiger partial charge in [0.1, 0.15) is 5.84 Å². The predicted molar refractivity (Wildman–Crippen MR) is 170 cm³/mol. The Morgan fingerprint density at radius 2 is 1.47 bits per heavy atom. The maximum Gasteiger partial charge on any atom is 0.328 e. The number of nitrogens with two attached hydrogens (primary N) is 1. The summed E-state index contributed by atoms with van der Waals surface area (Å²) >= 11 is 1.58. The molecule has 1 heterocycles. The van der Waals surface area contributed by atoms with Gasteiger partial charge in [0.25, 0.3) is 0 Å². The van der Waals surface area contributed by atoms with E-state index < -0.39 is 23.9 Å². The third-order valence-corrected chi connectivity index (χ3v) is 5.96. The van der Waals surface area contributed by atoms with Crippen molar-refractivity contribution in [2.45, 2.75) is 6.42 Å². The summed E-state index contributed by atoms with van der Waals surface area (Å²) in [5.74, 6) is -3.86. The highest BCUT2D eigenvalue weighted by Crippen LogP contribution is 2.26. The van der Waals surface area contributed by atoms with Crippen LogP contribution in [0.2, 0.25) is 0 Å². The molecule has 45 heavy (non-hydrogen) atoms. The minimum Gasteiger partial charge on any atom is -0.504 e. The van der Waals surface area contributed by atoms with Gasteiger partial charge in [-0.25, -0.2) is 24.2 Å². The molecule has 0 spiro atoms. The average Bonchev–Trinajstić information content (AvgIpc) is 3.55. The van der Waals surface area contributed by atoms with Crippen LogP contribution < -0.4 is 15.8 Å². The quantitative estimate of drug-likeness (QED) is 0.0613. The third-order valence-electron chi connectivity index (χ3n) is 5.06. The number of aromatic hydroxyl groups is 1. The summed E-state index contributed by atoms with van der Waals surface area (Å²) in [6.45, 7) is 1.64. The SMILES string of the molecule is COc1cc(C=CCNCCc2ccc(N=C(N)c3cccs3)cc2)ccc1O.O=C(O)C=CC(=O)O.O=C(O)C=CC(=O)O. The molecule has 0 aliphatic rings. The lowest BCUT2D eigenvalue weighted by molar-refractivity contribution is -0.134. The van der Waals surface area contributed by atoms with Crippen molar-refractivity contribution in [2.24, 2.45) is 10.7 Å². The highest BCUT2D eigenvalue weighted by atomic mass is 32.1. The molecule has 238 valence electrons. The molecule has 1 aromatic heterocycles. The number of nitrogens with zero attached hydrogens (tertiary/aromatic N) is 1. The van der Waals surface area contributed by atoms with Crippen LogP contribution in [0.1, 0.15) is 16.0 Å². The van der Waals surface area contributed by atoms with E-state index >= 15 is 0 Å². The normalized spacial score (nSPS) is 11.0. The van der Waals surface area contributed by atoms with E-state index in [1.807, 2.05) is 41.8 Å². The molecule has 13 nitrogen and oxygen atoms in total. The fraction of sp³-hybridized carbons (Fsp3) is 0.129. The molecule has 0 saturated heterocycles. The number of ether oxygens (including phenoxy) is 1. The molecular formula is C31H33N3O10S. The number of carbonyl (C=O) groups is 4. The summed E-state index contributed by atoms with van der Waals surface area (Å²) in [4.78, 5) is 43.7. The Morgan fingerprint density at radius 1 is 0.889 bits per heavy atom. The number of phenols is 1. The molecule has 0 atom stereocenters. The molecule has 0 aliphatic heterocycles. The van der Waals surface area contributed by atoms with Crippen LogP contribution in [-0.4, -0.2) is 75.4 Å². The van der Waals surface area contributed by atoms with Crippen molar-refractivity contribution < 1.29 is 49.4 Å². The van der Waals surface area contributed by atoms with E-state index in [4.69, 9.17) is 30.9 Å². The van der Waals surface area contributed by atoms with Gasteiger partial charge in [0.2, 0.25) is 0 Å². The Balaban J connectivity index is 0.000000521. The molecular weight excluding hydrogens is 606 g/mol. The van der Waals surface area contributed by atoms with E-state index in [-0.39, 0.29) is 5.75 Å². The van der Waals surface area contributed by atoms with Gasteiger partial charge >= 0.3 is 23.9 Å². The van der Waals surface area contributed by atoms with Crippen LogP contribution >= 0.6 is 11.3 Å². The van der Waals surface area contributed by atoms with E-state index in [0.29, 0.717) is 35.9 Å². The highest BCUT2D eigenvalue weighted by Gasteiger charge is 2.01. The number of methoxy groups -OCH3 is 1. The number of carboxylic acids is 4. The molecule has 0 unspecified atom stereocenters. The Hall–Kier alpha value is -5.73. The molecule has 0 fully saturated rings. The van der Waals surface area contributed by atoms with Crippen LogP contribution in [0.5, 0.6) is 11.5 Å². The average molecular weight is 640 g/mol. The Labute approximate surface area is 262 Å². The van der Waals surface area contributed by atoms with Crippen LogP contribution in [0.25, 0.3) is 6.08 Å². The lowest BCUT2D eigenvalue weighted by Gasteiger charge is -2.05. The second kappa shape index (κ2) is 21.0. The van der Waals surface area contributed by atoms with Gasteiger partial charge in [-0.3, -0.25) is 0 Å². The molecule has 3 rings (SSSR count). The van der Waals surface area contributed by atoms with Gasteiger partial charge in [0.05, 0.1) is 17.7 Å². The number of carboxylic acid groups (broad SMARTS) is 4. The first-order chi connectivity index (χ1) is 21.4. The summed E-state index contributed by atoms with van der Waals surface area (Å²) in [5.41, 5.74) is 9.12. The van der Waals surface area contributed by atoms with Crippen LogP contribution in [0, 0.1) is 0 Å². The molecule has 0 amide bonds. The van der Waals surface area contributed by atoms with Crippen molar-refractivity contribution in [1.29, 1.82) is 0 Å². The first-order valence-corrected chi connectivity index (χ1v) is 13.8. The Bertz CT molecular complexity index is 1450. The molecule has 0 radical (unpaired) electrons. The zero-order chi connectivity index (χ0) is 33.6. The van der Waals surface area contributed by atoms with Gasteiger partial charge in [-0.05, 0) is 59.8 Å². The van der Waals surface area contributed by atoms with Crippen LogP contribution in [-0.2, 0) is 25.6 Å². The van der Waals surface area contributed by atoms with Crippen molar-refractivity contribution in [3.8, 4) is 11.5 Å². The monoisotopic (exact) mass is 639 g/mol. The lowest BCUT2D eigenvalue weighted by atomic mass is 10.1. The Kier molecular flexibility index (Phi) is 17.4. The highest BCUT2D eigenvalue weighted by molar-refractivity contribution is 7.12. The van der Waals surface area contributed by atoms with Crippen LogP contribution in [0.3, 0.4) is 0 Å². The topological polar surface area (TPSA) is 229 Å². The van der Waals surface area contributed by atoms with Crippen LogP contribution in [0.15, 0.2) is 95.3 Å². The van der Waals surface area contributed by atoms with Crippen LogP contribution in [0.4, 0.5) is 5.69 Å². The zero-order valence-electron chi connectivity index (χ0n) is 24.1. The number of nitrogens with one attached hydrogen (secondary N) is 1. The minimum atomic E-state index is -1.26. The van der Waals surface area contributed by atoms with Gasteiger partial charge in [-0.2, -0.15) is 0 Å². The molecule has 0 bridgehead atoms. The first kappa shape index (κ1) is 37.3. The van der Waals surface area contributed by atoms with Crippen molar-refractivity contribution in [1.82, 2.24) is 5.32 Å². The van der Waals surface area contributed by atoms with Crippen molar-refractivity contribution >= 4 is 52.8 Å². The maximum absolute atomic E-state index is 9.61. The summed E-state index contributed by atoms with van der Waals surface area (Å²) in [5, 5.41) is 46.2. The van der Waals surface area contributed by atoms with E-state index in [1.165, 1.54) is 5.56 Å². The first-order valence-electron chi connectivity index (χ1n) is 12.9. The number of amidine groups is 1. The van der Waals surface area contributed by atoms with Crippen molar-refractivity contribution in [3.63, 3.8) is 0 Å². The summed E-state index contributed by atoms with van der Waals surface area (Å²) < 4.78 is 5.11. The number of phenolic OH excluding ortho intramolecular Hbond substituents is 1. The number of aliphatic imine (C=N–C) groups is 1. The largest absolute Gasteiger partial charge is 0.504 e. The van der Waals surface area contributed by atoms with Gasteiger partial charge in [-0.1, -0.05) is 36.4 Å². The van der Waals surface area contributed by atoms with Gasteiger partial charge < -0.3 is 41.3 Å². The summed E-state index contributed by atoms with van der Waals surface area (Å²) in [6.07, 6.45) is 7.22. The van der Waals surface area contributed by atoms with Gasteiger partial charge in [0.15, 0.2) is 11.5 Å². The van der Waals surface area contributed by atoms with E-state index in [0.717, 1.165) is 35.6 Å². The second-order valence-corrected chi connectivity index (χ2v) is 9.40. The number of hydrogen-bond acceptors (Lipinski definition) is 9. The van der Waals surface area contributed by atoms with Gasteiger partial charge in [0, 0.05) is 30.8 Å². The number of aliphatic carboxylic acids is 4. The fourth-order valence-electron chi connectivity index (χ4n) is 3.05. The summed E-state index contributed by atoms with van der Waals surface area (Å²) in [6, 6.07) is 17.4. The zero-order valence-corrected chi connectivity index (χ0v) is 24.9. The number of thiophene rings is 1. The lowest BCUT2D eigenvalue weighted by Crippen LogP contribution is -2.16. The maximum atomic E-state index is 9.61. The van der Waals surface area contributed by atoms with E-state index in [1.54, 1.807) is 30.6 Å². The van der Waals surface area contributed by atoms with Crippen molar-refractivity contribution in [2.75, 3.05) is 20.2 Å². The molecule has 14 heteroatoms. The number of hydrogen-bond donors (Lipinski definition) is 7. The Morgan fingerprint density at radius 3 is 1.96 bits per heavy atom. The minimum absolute atomic E-state index is 0.147. The molecule has 3 aromatic rings. The molecule has 0 saturated carbocycles. The third kappa shape index (κ3) is 17.7.